The van der Waals surface area contributed by atoms with Crippen LogP contribution in [0.1, 0.15) is 41.5 Å². The van der Waals surface area contributed by atoms with Crippen molar-refractivity contribution in [3.05, 3.63) is 54.6 Å². The molecule has 3 rings (SSSR count). The molecule has 2 aromatic rings. The normalized spacial score (nSPS) is 18.4. The van der Waals surface area contributed by atoms with Gasteiger partial charge in [0.2, 0.25) is 11.6 Å². The maximum atomic E-state index is 13.8. The van der Waals surface area contributed by atoms with Gasteiger partial charge >= 0.3 is 0 Å². The van der Waals surface area contributed by atoms with E-state index in [1.165, 1.54) is 11.9 Å². The third-order valence-corrected chi connectivity index (χ3v) is 5.47. The zero-order chi connectivity index (χ0) is 23.5. The Morgan fingerprint density at radius 3 is 2.12 bits per heavy atom. The van der Waals surface area contributed by atoms with E-state index in [1.807, 2.05) is 75.4 Å². The average molecular weight is 436 g/mol. The molecule has 2 aromatic carbocycles. The SMILES string of the molecule is CCN(CC)c1ccc(NC2(NC(C)=O)C(=O)N(c3ccccc3)N=C2C(C)(C)C)cc1. The lowest BCUT2D eigenvalue weighted by Gasteiger charge is -2.36. The van der Waals surface area contributed by atoms with Crippen LogP contribution in [0.15, 0.2) is 59.7 Å². The van der Waals surface area contributed by atoms with Crippen molar-refractivity contribution in [1.29, 1.82) is 0 Å². The van der Waals surface area contributed by atoms with Crippen LogP contribution in [0, 0.1) is 5.41 Å². The zero-order valence-corrected chi connectivity index (χ0v) is 19.8. The summed E-state index contributed by atoms with van der Waals surface area (Å²) in [4.78, 5) is 28.4. The van der Waals surface area contributed by atoms with E-state index in [2.05, 4.69) is 29.4 Å². The van der Waals surface area contributed by atoms with Gasteiger partial charge in [0.25, 0.3) is 5.91 Å². The number of para-hydroxylation sites is 1. The molecule has 1 atom stereocenters. The molecule has 0 fully saturated rings. The van der Waals surface area contributed by atoms with Crippen LogP contribution in [-0.2, 0) is 9.59 Å². The van der Waals surface area contributed by atoms with Crippen LogP contribution in [-0.4, -0.2) is 36.3 Å². The van der Waals surface area contributed by atoms with Crippen molar-refractivity contribution in [2.24, 2.45) is 10.5 Å². The van der Waals surface area contributed by atoms with Crippen molar-refractivity contribution >= 4 is 34.6 Å². The van der Waals surface area contributed by atoms with Crippen molar-refractivity contribution in [2.45, 2.75) is 47.2 Å². The Bertz CT molecular complexity index is 991. The largest absolute Gasteiger partial charge is 0.372 e. The molecule has 7 heteroatoms. The molecule has 2 N–H and O–H groups in total. The first-order valence-corrected chi connectivity index (χ1v) is 11.0. The number of amides is 2. The van der Waals surface area contributed by atoms with Gasteiger partial charge in [-0.3, -0.25) is 9.59 Å². The molecule has 0 saturated carbocycles. The van der Waals surface area contributed by atoms with Crippen molar-refractivity contribution in [1.82, 2.24) is 5.32 Å². The standard InChI is InChI=1S/C25H33N5O2/c1-7-29(8-2)20-16-14-19(15-17-20)27-25(26-18(3)31)22(24(4,5)6)28-30(23(25)32)21-12-10-9-11-13-21/h9-17,27H,7-8H2,1-6H3,(H,26,31). The third-order valence-electron chi connectivity index (χ3n) is 5.47. The molecule has 0 spiro atoms. The summed E-state index contributed by atoms with van der Waals surface area (Å²) in [6, 6.07) is 17.1. The van der Waals surface area contributed by atoms with Crippen LogP contribution in [0.2, 0.25) is 0 Å². The van der Waals surface area contributed by atoms with Gasteiger partial charge < -0.3 is 15.5 Å². The monoisotopic (exact) mass is 435 g/mol. The van der Waals surface area contributed by atoms with Crippen molar-refractivity contribution in [3.8, 4) is 0 Å². The van der Waals surface area contributed by atoms with E-state index in [1.54, 1.807) is 0 Å². The van der Waals surface area contributed by atoms with Gasteiger partial charge in [0.05, 0.1) is 11.4 Å². The number of hydrogen-bond acceptors (Lipinski definition) is 5. The molecule has 0 saturated heterocycles. The number of hydrazone groups is 1. The highest BCUT2D eigenvalue weighted by molar-refractivity contribution is 6.27. The summed E-state index contributed by atoms with van der Waals surface area (Å²) in [5.74, 6) is -0.672. The first-order valence-electron chi connectivity index (χ1n) is 11.0. The highest BCUT2D eigenvalue weighted by Gasteiger charge is 2.56. The lowest BCUT2D eigenvalue weighted by molar-refractivity contribution is -0.127. The molecular weight excluding hydrogens is 402 g/mol. The number of nitrogens with zero attached hydrogens (tertiary/aromatic N) is 3. The zero-order valence-electron chi connectivity index (χ0n) is 19.8. The molecule has 0 radical (unpaired) electrons. The van der Waals surface area contributed by atoms with Gasteiger partial charge in [-0.15, -0.1) is 0 Å². The van der Waals surface area contributed by atoms with Crippen LogP contribution < -0.4 is 20.5 Å². The van der Waals surface area contributed by atoms with Gasteiger partial charge in [0, 0.05) is 36.8 Å². The van der Waals surface area contributed by atoms with Gasteiger partial charge in [0.1, 0.15) is 0 Å². The van der Waals surface area contributed by atoms with E-state index in [9.17, 15) is 9.59 Å². The van der Waals surface area contributed by atoms with Crippen molar-refractivity contribution in [2.75, 3.05) is 28.3 Å². The minimum atomic E-state index is -1.49. The predicted molar refractivity (Wildman–Crippen MR) is 131 cm³/mol. The molecule has 0 aliphatic carbocycles. The Balaban J connectivity index is 2.06. The topological polar surface area (TPSA) is 77.0 Å². The highest BCUT2D eigenvalue weighted by Crippen LogP contribution is 2.35. The molecule has 32 heavy (non-hydrogen) atoms. The van der Waals surface area contributed by atoms with Gasteiger partial charge in [0.15, 0.2) is 0 Å². The average Bonchev–Trinajstić information content (AvgIpc) is 3.02. The van der Waals surface area contributed by atoms with Crippen molar-refractivity contribution < 1.29 is 9.59 Å². The van der Waals surface area contributed by atoms with E-state index < -0.39 is 11.1 Å². The Hall–Kier alpha value is -3.35. The van der Waals surface area contributed by atoms with E-state index in [0.717, 1.165) is 24.5 Å². The number of nitrogens with one attached hydrogen (secondary N) is 2. The summed E-state index contributed by atoms with van der Waals surface area (Å²) in [6.07, 6.45) is 0. The number of rotatable bonds is 7. The van der Waals surface area contributed by atoms with Gasteiger partial charge in [-0.1, -0.05) is 39.0 Å². The van der Waals surface area contributed by atoms with Crippen molar-refractivity contribution in [3.63, 3.8) is 0 Å². The van der Waals surface area contributed by atoms with Crippen LogP contribution in [0.4, 0.5) is 17.1 Å². The summed E-state index contributed by atoms with van der Waals surface area (Å²) < 4.78 is 0. The summed E-state index contributed by atoms with van der Waals surface area (Å²) in [6.45, 7) is 13.4. The second-order valence-electron chi connectivity index (χ2n) is 8.93. The Kier molecular flexibility index (Phi) is 6.57. The summed E-state index contributed by atoms with van der Waals surface area (Å²) >= 11 is 0. The van der Waals surface area contributed by atoms with E-state index >= 15 is 0 Å². The van der Waals surface area contributed by atoms with E-state index in [4.69, 9.17) is 5.10 Å². The summed E-state index contributed by atoms with van der Waals surface area (Å²) in [5.41, 5.74) is 1.02. The van der Waals surface area contributed by atoms with Crippen LogP contribution in [0.5, 0.6) is 0 Å². The maximum absolute atomic E-state index is 13.8. The fourth-order valence-corrected chi connectivity index (χ4v) is 4.02. The fraction of sp³-hybridized carbons (Fsp3) is 0.400. The van der Waals surface area contributed by atoms with Gasteiger partial charge in [-0.2, -0.15) is 10.1 Å². The first kappa shape index (κ1) is 23.3. The molecule has 1 aliphatic heterocycles. The van der Waals surface area contributed by atoms with Gasteiger partial charge in [-0.05, 0) is 50.2 Å². The third kappa shape index (κ3) is 4.47. The number of carbonyl (C=O) groups is 2. The molecule has 1 heterocycles. The van der Waals surface area contributed by atoms with Gasteiger partial charge in [-0.25, -0.2) is 0 Å². The van der Waals surface area contributed by atoms with E-state index in [-0.39, 0.29) is 11.8 Å². The quantitative estimate of drug-likeness (QED) is 0.638. The number of anilines is 3. The second kappa shape index (κ2) is 9.02. The Morgan fingerprint density at radius 1 is 1.03 bits per heavy atom. The lowest BCUT2D eigenvalue weighted by Crippen LogP contribution is -2.66. The Morgan fingerprint density at radius 2 is 1.62 bits per heavy atom. The van der Waals surface area contributed by atoms with Crippen LogP contribution >= 0.6 is 0 Å². The molecule has 0 bridgehead atoms. The molecular formula is C25H33N5O2. The summed E-state index contributed by atoms with van der Waals surface area (Å²) in [5, 5.41) is 12.3. The molecule has 2 amide bonds. The highest BCUT2D eigenvalue weighted by atomic mass is 16.2. The minimum absolute atomic E-state index is 0.322. The molecule has 7 nitrogen and oxygen atoms in total. The molecule has 1 aliphatic rings. The first-order chi connectivity index (χ1) is 15.1. The number of carbonyl (C=O) groups excluding carboxylic acids is 2. The minimum Gasteiger partial charge on any atom is -0.372 e. The molecule has 0 aromatic heterocycles. The van der Waals surface area contributed by atoms with Crippen LogP contribution in [0.3, 0.4) is 0 Å². The van der Waals surface area contributed by atoms with Crippen LogP contribution in [0.25, 0.3) is 0 Å². The molecule has 170 valence electrons. The van der Waals surface area contributed by atoms with E-state index in [0.29, 0.717) is 11.4 Å². The smallest absolute Gasteiger partial charge is 0.300 e. The maximum Gasteiger partial charge on any atom is 0.300 e. The fourth-order valence-electron chi connectivity index (χ4n) is 4.02. The predicted octanol–water partition coefficient (Wildman–Crippen LogP) is 4.23. The lowest BCUT2D eigenvalue weighted by atomic mass is 9.81. The number of benzene rings is 2. The summed E-state index contributed by atoms with van der Waals surface area (Å²) in [7, 11) is 0. The molecule has 1 unspecified atom stereocenters. The number of hydrogen-bond donors (Lipinski definition) is 2. The Labute approximate surface area is 190 Å². The second-order valence-corrected chi connectivity index (χ2v) is 8.93.